The van der Waals surface area contributed by atoms with E-state index in [0.29, 0.717) is 0 Å². The summed E-state index contributed by atoms with van der Waals surface area (Å²) in [5, 5.41) is 0. The molecule has 3 heteroatoms. The van der Waals surface area contributed by atoms with Crippen LogP contribution in [0.4, 0.5) is 0 Å². The fourth-order valence-corrected chi connectivity index (χ4v) is 3.02. The van der Waals surface area contributed by atoms with Gasteiger partial charge in [-0.05, 0) is 34.6 Å². The summed E-state index contributed by atoms with van der Waals surface area (Å²) in [6.07, 6.45) is 3.63. The standard InChI is InChI=1S/C17H12N.C11H8N.Pt/c1-3-7-14(8-4-1)16-11-12-18-17(13-16)15-9-5-2-6-10-15;1-2-6-10(7-3-1)11-8-4-5-9-12-11;/h1-9,11-13H;1-6,8-9H;/q2*-1;+2. The SMILES string of the molecule is [Pt+2].[c-]1ccccc1-c1cc(-c2ccccc2)ccn1.[c-]1ccccc1-c1ccccn1. The van der Waals surface area contributed by atoms with Gasteiger partial charge in [-0.15, -0.1) is 71.8 Å². The van der Waals surface area contributed by atoms with Crippen molar-refractivity contribution >= 4 is 0 Å². The number of hydrogen-bond donors (Lipinski definition) is 0. The maximum absolute atomic E-state index is 4.40. The molecule has 0 aliphatic heterocycles. The van der Waals surface area contributed by atoms with Crippen molar-refractivity contribution in [2.45, 2.75) is 0 Å². The Hall–Kier alpha value is -3.35. The van der Waals surface area contributed by atoms with Gasteiger partial charge in [0.15, 0.2) is 0 Å². The van der Waals surface area contributed by atoms with Crippen molar-refractivity contribution in [2.24, 2.45) is 0 Å². The van der Waals surface area contributed by atoms with Gasteiger partial charge in [0.2, 0.25) is 0 Å². The topological polar surface area (TPSA) is 25.8 Å². The van der Waals surface area contributed by atoms with E-state index in [1.807, 2.05) is 97.2 Å². The van der Waals surface area contributed by atoms with Crippen LogP contribution in [0.25, 0.3) is 33.6 Å². The summed E-state index contributed by atoms with van der Waals surface area (Å²) in [5.74, 6) is 0. The molecule has 0 unspecified atom stereocenters. The second kappa shape index (κ2) is 11.7. The van der Waals surface area contributed by atoms with Gasteiger partial charge in [0, 0.05) is 12.4 Å². The first-order valence-corrected chi connectivity index (χ1v) is 9.77. The third-order valence-electron chi connectivity index (χ3n) is 4.50. The molecule has 0 saturated carbocycles. The van der Waals surface area contributed by atoms with E-state index >= 15 is 0 Å². The van der Waals surface area contributed by atoms with Crippen molar-refractivity contribution < 1.29 is 21.1 Å². The van der Waals surface area contributed by atoms with Gasteiger partial charge >= 0.3 is 21.1 Å². The van der Waals surface area contributed by atoms with Crippen LogP contribution in [0.15, 0.2) is 122 Å². The van der Waals surface area contributed by atoms with E-state index in [1.54, 1.807) is 6.20 Å². The second-order valence-electron chi connectivity index (χ2n) is 6.56. The van der Waals surface area contributed by atoms with Crippen LogP contribution in [0.3, 0.4) is 0 Å². The van der Waals surface area contributed by atoms with E-state index in [9.17, 15) is 0 Å². The molecule has 0 radical (unpaired) electrons. The first-order valence-electron chi connectivity index (χ1n) is 9.77. The van der Waals surface area contributed by atoms with Gasteiger partial charge in [-0.1, -0.05) is 48.5 Å². The molecule has 2 aromatic heterocycles. The summed E-state index contributed by atoms with van der Waals surface area (Å²) in [5.41, 5.74) is 6.37. The van der Waals surface area contributed by atoms with Crippen LogP contribution in [-0.2, 0) is 21.1 Å². The van der Waals surface area contributed by atoms with Crippen LogP contribution in [-0.4, -0.2) is 9.97 Å². The monoisotopic (exact) mass is 579 g/mol. The Morgan fingerprint density at radius 3 is 1.71 bits per heavy atom. The number of pyridine rings is 2. The first kappa shape index (κ1) is 22.3. The van der Waals surface area contributed by atoms with Gasteiger partial charge in [0.1, 0.15) is 0 Å². The second-order valence-corrected chi connectivity index (χ2v) is 6.56. The molecule has 0 fully saturated rings. The van der Waals surface area contributed by atoms with Gasteiger partial charge in [-0.3, -0.25) is 0 Å². The molecule has 5 rings (SSSR count). The Morgan fingerprint density at radius 1 is 0.484 bits per heavy atom. The summed E-state index contributed by atoms with van der Waals surface area (Å²) >= 11 is 0. The molecule has 2 nitrogen and oxygen atoms in total. The van der Waals surface area contributed by atoms with Crippen LogP contribution in [0.1, 0.15) is 0 Å². The van der Waals surface area contributed by atoms with Gasteiger partial charge in [0.05, 0.1) is 0 Å². The minimum atomic E-state index is 0. The molecular weight excluding hydrogens is 559 g/mol. The predicted octanol–water partition coefficient (Wildman–Crippen LogP) is 6.76. The zero-order valence-electron chi connectivity index (χ0n) is 16.8. The third-order valence-corrected chi connectivity index (χ3v) is 4.50. The van der Waals surface area contributed by atoms with E-state index in [2.05, 4.69) is 40.3 Å². The predicted molar refractivity (Wildman–Crippen MR) is 122 cm³/mol. The Bertz CT molecular complexity index is 1070. The van der Waals surface area contributed by atoms with Crippen LogP contribution < -0.4 is 0 Å². The van der Waals surface area contributed by atoms with Crippen molar-refractivity contribution in [1.82, 2.24) is 9.97 Å². The van der Waals surface area contributed by atoms with E-state index in [-0.39, 0.29) is 21.1 Å². The molecular formula is C28H20N2Pt. The van der Waals surface area contributed by atoms with Crippen LogP contribution in [0, 0.1) is 12.1 Å². The van der Waals surface area contributed by atoms with Gasteiger partial charge < -0.3 is 9.97 Å². The van der Waals surface area contributed by atoms with Gasteiger partial charge in [-0.2, -0.15) is 0 Å². The van der Waals surface area contributed by atoms with E-state index < -0.39 is 0 Å². The Morgan fingerprint density at radius 2 is 1.10 bits per heavy atom. The van der Waals surface area contributed by atoms with E-state index in [4.69, 9.17) is 0 Å². The largest absolute Gasteiger partial charge is 2.00 e. The normalized spacial score (nSPS) is 9.68. The maximum Gasteiger partial charge on any atom is 2.00 e. The number of hydrogen-bond acceptors (Lipinski definition) is 2. The molecule has 152 valence electrons. The number of nitrogens with zero attached hydrogens (tertiary/aromatic N) is 2. The van der Waals surface area contributed by atoms with E-state index in [0.717, 1.165) is 22.5 Å². The van der Waals surface area contributed by atoms with Crippen LogP contribution in [0.5, 0.6) is 0 Å². The fourth-order valence-electron chi connectivity index (χ4n) is 3.02. The smallest absolute Gasteiger partial charge is 0.305 e. The third kappa shape index (κ3) is 6.31. The molecule has 0 saturated heterocycles. The fraction of sp³-hybridized carbons (Fsp3) is 0. The molecule has 0 atom stereocenters. The van der Waals surface area contributed by atoms with Crippen molar-refractivity contribution in [1.29, 1.82) is 0 Å². The summed E-state index contributed by atoms with van der Waals surface area (Å²) in [6, 6.07) is 42.4. The van der Waals surface area contributed by atoms with Crippen LogP contribution >= 0.6 is 0 Å². The Kier molecular flexibility index (Phi) is 8.46. The van der Waals surface area contributed by atoms with Gasteiger partial charge in [-0.25, -0.2) is 0 Å². The zero-order chi connectivity index (χ0) is 20.4. The minimum absolute atomic E-state index is 0. The molecule has 31 heavy (non-hydrogen) atoms. The molecule has 0 N–H and O–H groups in total. The number of rotatable bonds is 3. The number of aromatic nitrogens is 2. The van der Waals surface area contributed by atoms with Crippen LogP contribution in [0.2, 0.25) is 0 Å². The molecule has 5 aromatic rings. The molecule has 0 aliphatic rings. The van der Waals surface area contributed by atoms with Crippen molar-refractivity contribution in [3.05, 3.63) is 134 Å². The molecule has 0 bridgehead atoms. The van der Waals surface area contributed by atoms with Gasteiger partial charge in [0.25, 0.3) is 0 Å². The van der Waals surface area contributed by atoms with E-state index in [1.165, 1.54) is 11.1 Å². The number of benzene rings is 3. The molecule has 0 amide bonds. The molecule has 3 aromatic carbocycles. The summed E-state index contributed by atoms with van der Waals surface area (Å²) in [4.78, 5) is 8.62. The summed E-state index contributed by atoms with van der Waals surface area (Å²) < 4.78 is 0. The Balaban J connectivity index is 0.000000183. The van der Waals surface area contributed by atoms with Crippen molar-refractivity contribution in [3.63, 3.8) is 0 Å². The minimum Gasteiger partial charge on any atom is -0.305 e. The van der Waals surface area contributed by atoms with Crippen molar-refractivity contribution in [2.75, 3.05) is 0 Å². The molecule has 0 spiro atoms. The molecule has 2 heterocycles. The van der Waals surface area contributed by atoms with Crippen molar-refractivity contribution in [3.8, 4) is 33.6 Å². The maximum atomic E-state index is 4.40. The summed E-state index contributed by atoms with van der Waals surface area (Å²) in [6.45, 7) is 0. The molecule has 0 aliphatic carbocycles. The quantitative estimate of drug-likeness (QED) is 0.221. The first-order chi connectivity index (χ1) is 14.9. The average Bonchev–Trinajstić information content (AvgIpc) is 2.87. The zero-order valence-corrected chi connectivity index (χ0v) is 19.0. The average molecular weight is 580 g/mol. The Labute approximate surface area is 197 Å². The summed E-state index contributed by atoms with van der Waals surface area (Å²) in [7, 11) is 0.